The molecule has 10 aromatic rings. The van der Waals surface area contributed by atoms with E-state index in [9.17, 15) is 46.8 Å². The molecule has 10 rings (SSSR count). The van der Waals surface area contributed by atoms with Crippen molar-refractivity contribution in [1.82, 2.24) is 48.9 Å². The lowest BCUT2D eigenvalue weighted by molar-refractivity contribution is 0.0860. The van der Waals surface area contributed by atoms with Crippen LogP contribution in [0.4, 0.5) is 28.4 Å². The Balaban J connectivity index is 0.000000236. The van der Waals surface area contributed by atoms with Gasteiger partial charge in [0.15, 0.2) is 61.1 Å². The van der Waals surface area contributed by atoms with Crippen molar-refractivity contribution in [2.24, 2.45) is 0 Å². The standard InChI is InChI=1S/C13H13BrCl2N3O5P.C13H13Cl3N3O5P.C12H11BrCl2N3O5P.2C12H11Cl3N3O5P/c1-6-3-4-9(8(15)5-6)17-13(20)11-10(14)12(16)19(18-11)7(2)24-25(21,22)23;1-6-3-4-9(8(14)5-6)17-13(20)11-10(15)12(16)19(18-11)7(2)24-25(21,22)23;1-6-2-3-8(7(14)4-6)16-12(19)10-9(13)11(15)18(17-10)5-23-24(20,21)22;2*1-6-2-3-8(7(13)4-6)16-12(19)10-9(14)11(15)18(17-10)5-23-24(20,21)22/h2*3-5,7H,1-2H3,(H,17,20)(H2,21,22,23);3*2-4H,5H2,1H3,(H,16,19)(H2,20,21,22). The van der Waals surface area contributed by atoms with Crippen LogP contribution in [0.25, 0.3) is 0 Å². The highest BCUT2D eigenvalue weighted by atomic mass is 79.9. The highest BCUT2D eigenvalue weighted by Crippen LogP contribution is 2.46. The zero-order valence-electron chi connectivity index (χ0n) is 61.9. The van der Waals surface area contributed by atoms with Gasteiger partial charge >= 0.3 is 39.1 Å². The first-order valence-corrected chi connectivity index (χ1v) is 46.5. The van der Waals surface area contributed by atoms with E-state index in [1.165, 1.54) is 13.8 Å². The zero-order valence-corrected chi connectivity index (χ0v) is 79.4. The van der Waals surface area contributed by atoms with Crippen molar-refractivity contribution in [3.63, 3.8) is 0 Å². The van der Waals surface area contributed by atoms with Gasteiger partial charge in [0.1, 0.15) is 40.8 Å². The molecule has 60 heteroatoms. The first-order chi connectivity index (χ1) is 56.2. The number of carbonyl (C=O) groups is 5. The second kappa shape index (κ2) is 45.2. The zero-order chi connectivity index (χ0) is 92.1. The monoisotopic (exact) mass is 2180 g/mol. The number of benzene rings is 5. The van der Waals surface area contributed by atoms with Crippen LogP contribution in [0.2, 0.25) is 65.9 Å². The van der Waals surface area contributed by atoms with Gasteiger partial charge in [-0.3, -0.25) is 46.6 Å². The number of halogens is 15. The Labute approximate surface area is 770 Å². The van der Waals surface area contributed by atoms with Crippen LogP contribution in [0.15, 0.2) is 99.9 Å². The molecule has 5 heterocycles. The molecule has 0 bridgehead atoms. The number of hydrogen-bond donors (Lipinski definition) is 15. The van der Waals surface area contributed by atoms with Gasteiger partial charge in [0.25, 0.3) is 29.5 Å². The van der Waals surface area contributed by atoms with Crippen molar-refractivity contribution in [3.05, 3.63) is 222 Å². The van der Waals surface area contributed by atoms with Gasteiger partial charge < -0.3 is 75.5 Å². The normalized spacial score (nSPS) is 12.1. The minimum absolute atomic E-state index is 0.0522. The SMILES string of the molecule is Cc1ccc(NC(=O)c2nn(C(C)OP(=O)(O)O)c(Cl)c2Br)c(Cl)c1.Cc1ccc(NC(=O)c2nn(C(C)OP(=O)(O)O)c(Cl)c2Cl)c(Cl)c1.Cc1ccc(NC(=O)c2nn(COP(=O)(O)O)c(Cl)c2Br)c(Cl)c1.Cc1ccc(NC(=O)c2nn(COP(=O)(O)O)c(Cl)c2Cl)c(Cl)c1.Cc1ccc(NC(=O)c2nn(COP(=O)(O)O)c(Cl)c2Cl)c(Cl)c1. The Morgan fingerprint density at radius 3 is 0.811 bits per heavy atom. The van der Waals surface area contributed by atoms with Crippen molar-refractivity contribution in [2.75, 3.05) is 26.6 Å². The van der Waals surface area contributed by atoms with Crippen LogP contribution >= 0.6 is 222 Å². The Morgan fingerprint density at radius 1 is 0.336 bits per heavy atom. The number of phosphoric ester groups is 5. The van der Waals surface area contributed by atoms with Gasteiger partial charge in [-0.2, -0.15) is 25.5 Å². The summed E-state index contributed by atoms with van der Waals surface area (Å²) in [6.07, 6.45) is -2.45. The van der Waals surface area contributed by atoms with Gasteiger partial charge in [-0.1, -0.05) is 181 Å². The molecular weight excluding hydrogens is 2130 g/mol. The average molecular weight is 2190 g/mol. The molecule has 0 spiro atoms. The number of amides is 5. The molecule has 0 fully saturated rings. The van der Waals surface area contributed by atoms with Crippen LogP contribution in [-0.2, 0) is 65.6 Å². The first kappa shape index (κ1) is 106. The van der Waals surface area contributed by atoms with Gasteiger partial charge in [0.2, 0.25) is 0 Å². The number of phosphoric acid groups is 5. The smallest absolute Gasteiger partial charge is 0.319 e. The summed E-state index contributed by atoms with van der Waals surface area (Å²) in [6.45, 7) is 9.87. The molecule has 662 valence electrons. The molecule has 5 aromatic carbocycles. The van der Waals surface area contributed by atoms with E-state index >= 15 is 0 Å². The fourth-order valence-corrected chi connectivity index (χ4v) is 14.7. The number of carbonyl (C=O) groups excluding carboxylic acids is 5. The molecule has 0 saturated carbocycles. The second-order valence-electron chi connectivity index (χ2n) is 24.0. The summed E-state index contributed by atoms with van der Waals surface area (Å²) in [5.74, 6) is -3.30. The molecule has 0 saturated heterocycles. The topological polar surface area (TPSA) is 568 Å². The highest BCUT2D eigenvalue weighted by molar-refractivity contribution is 9.11. The van der Waals surface area contributed by atoms with E-state index in [0.717, 1.165) is 51.2 Å². The van der Waals surface area contributed by atoms with Gasteiger partial charge in [-0.05, 0) is 169 Å². The third-order valence-electron chi connectivity index (χ3n) is 14.4. The molecule has 2 atom stereocenters. The quantitative estimate of drug-likeness (QED) is 0.0236. The Bertz CT molecular complexity index is 5400. The summed E-state index contributed by atoms with van der Waals surface area (Å²) in [5.41, 5.74) is 5.50. The highest BCUT2D eigenvalue weighted by Gasteiger charge is 2.32. The summed E-state index contributed by atoms with van der Waals surface area (Å²) in [6, 6.07) is 25.3. The summed E-state index contributed by atoms with van der Waals surface area (Å²) in [5, 5.41) is 32.4. The maximum atomic E-state index is 12.4. The van der Waals surface area contributed by atoms with Gasteiger partial charge in [0.05, 0.1) is 62.5 Å². The summed E-state index contributed by atoms with van der Waals surface area (Å²) in [4.78, 5) is 149. The average Bonchev–Trinajstić information content (AvgIpc) is 1.65. The molecule has 15 N–H and O–H groups in total. The number of anilines is 5. The third kappa shape index (κ3) is 31.9. The van der Waals surface area contributed by atoms with Gasteiger partial charge in [0, 0.05) is 0 Å². The van der Waals surface area contributed by atoms with Crippen LogP contribution < -0.4 is 26.6 Å². The lowest BCUT2D eigenvalue weighted by atomic mass is 10.2. The third-order valence-corrected chi connectivity index (χ3v) is 23.6. The van der Waals surface area contributed by atoms with Crippen LogP contribution in [-0.4, -0.2) is 127 Å². The predicted molar refractivity (Wildman–Crippen MR) is 462 cm³/mol. The number of nitrogens with one attached hydrogen (secondary N) is 5. The van der Waals surface area contributed by atoms with E-state index in [-0.39, 0.29) is 78.2 Å². The number of hydrogen-bond acceptors (Lipinski definition) is 20. The molecule has 0 aliphatic heterocycles. The minimum atomic E-state index is -4.78. The summed E-state index contributed by atoms with van der Waals surface area (Å²) >= 11 is 84.1. The largest absolute Gasteiger partial charge is 0.471 e. The van der Waals surface area contributed by atoms with E-state index in [4.69, 9.17) is 200 Å². The summed E-state index contributed by atoms with van der Waals surface area (Å²) in [7, 11) is -23.7. The van der Waals surface area contributed by atoms with E-state index in [1.54, 1.807) is 91.0 Å². The molecule has 5 aromatic heterocycles. The number of aromatic nitrogens is 10. The molecule has 122 heavy (non-hydrogen) atoms. The van der Waals surface area contributed by atoms with Crippen LogP contribution in [0, 0.1) is 34.6 Å². The Morgan fingerprint density at radius 2 is 0.549 bits per heavy atom. The number of nitrogens with zero attached hydrogens (tertiary/aromatic N) is 10. The van der Waals surface area contributed by atoms with Crippen molar-refractivity contribution in [1.29, 1.82) is 0 Å². The lowest BCUT2D eigenvalue weighted by Gasteiger charge is -2.14. The predicted octanol–water partition coefficient (Wildman–Crippen LogP) is 18.7. The molecule has 2 unspecified atom stereocenters. The van der Waals surface area contributed by atoms with E-state index < -0.39 is 101 Å². The van der Waals surface area contributed by atoms with Crippen LogP contribution in [0.3, 0.4) is 0 Å². The van der Waals surface area contributed by atoms with Crippen molar-refractivity contribution in [2.45, 2.75) is 81.1 Å². The molecule has 0 aliphatic rings. The van der Waals surface area contributed by atoms with Crippen molar-refractivity contribution in [3.8, 4) is 0 Å². The number of rotatable bonds is 25. The molecule has 0 aliphatic carbocycles. The maximum Gasteiger partial charge on any atom is 0.471 e. The first-order valence-electron chi connectivity index (χ1n) is 32.3. The van der Waals surface area contributed by atoms with Gasteiger partial charge in [-0.25, -0.2) is 46.2 Å². The van der Waals surface area contributed by atoms with Crippen molar-refractivity contribution >= 4 is 280 Å². The molecule has 40 nitrogen and oxygen atoms in total. The number of aryl methyl sites for hydroxylation is 5. The molecular formula is C62H59Br2Cl13N15O25P5. The second-order valence-corrected chi connectivity index (χ2v) is 36.6. The van der Waals surface area contributed by atoms with Crippen LogP contribution in [0.1, 0.15) is 107 Å². The molecule has 5 amide bonds. The molecule has 0 radical (unpaired) electrons. The lowest BCUT2D eigenvalue weighted by Crippen LogP contribution is -2.15. The van der Waals surface area contributed by atoms with E-state index in [0.29, 0.717) is 53.6 Å². The van der Waals surface area contributed by atoms with E-state index in [1.807, 2.05) is 34.6 Å². The minimum Gasteiger partial charge on any atom is -0.319 e. The fourth-order valence-electron chi connectivity index (χ4n) is 8.90. The van der Waals surface area contributed by atoms with Gasteiger partial charge in [-0.15, -0.1) is 0 Å². The maximum absolute atomic E-state index is 12.4. The van der Waals surface area contributed by atoms with Crippen LogP contribution in [0.5, 0.6) is 0 Å². The Hall–Kier alpha value is -5.22. The van der Waals surface area contributed by atoms with E-state index in [2.05, 4.69) is 107 Å². The Kier molecular flexibility index (Phi) is 39.1. The van der Waals surface area contributed by atoms with Crippen molar-refractivity contribution < 1.29 is 118 Å². The summed E-state index contributed by atoms with van der Waals surface area (Å²) < 4.78 is 80.6. The fraction of sp³-hybridized carbons (Fsp3) is 0.194.